The van der Waals surface area contributed by atoms with E-state index in [0.29, 0.717) is 30.0 Å². The van der Waals surface area contributed by atoms with E-state index in [-0.39, 0.29) is 10.8 Å². The second-order valence-electron chi connectivity index (χ2n) is 6.87. The fourth-order valence-corrected chi connectivity index (χ4v) is 3.96. The van der Waals surface area contributed by atoms with Crippen LogP contribution in [0, 0.1) is 13.8 Å². The molecule has 156 valence electrons. The maximum Gasteiger partial charge on any atom is 0.261 e. The lowest BCUT2D eigenvalue weighted by molar-refractivity contribution is 0.0947. The summed E-state index contributed by atoms with van der Waals surface area (Å²) in [6, 6.07) is 20.7. The lowest BCUT2D eigenvalue weighted by Crippen LogP contribution is -2.28. The summed E-state index contributed by atoms with van der Waals surface area (Å²) in [7, 11) is -3.74. The molecule has 0 spiro atoms. The minimum atomic E-state index is -3.74. The maximum atomic E-state index is 12.6. The number of ether oxygens (including phenoxy) is 1. The van der Waals surface area contributed by atoms with Crippen molar-refractivity contribution in [2.24, 2.45) is 0 Å². The fraction of sp³-hybridized carbons (Fsp3) is 0.174. The summed E-state index contributed by atoms with van der Waals surface area (Å²) in [6.45, 7) is 4.41. The lowest BCUT2D eigenvalue weighted by Gasteiger charge is -2.13. The molecule has 0 atom stereocenters. The number of benzene rings is 3. The van der Waals surface area contributed by atoms with Crippen molar-refractivity contribution in [1.82, 2.24) is 5.32 Å². The van der Waals surface area contributed by atoms with Crippen LogP contribution in [0.5, 0.6) is 5.75 Å². The Bertz CT molecular complexity index is 1130. The van der Waals surface area contributed by atoms with Gasteiger partial charge in [-0.15, -0.1) is 0 Å². The highest BCUT2D eigenvalue weighted by atomic mass is 32.2. The van der Waals surface area contributed by atoms with Crippen LogP contribution in [0.1, 0.15) is 21.5 Å². The van der Waals surface area contributed by atoms with Gasteiger partial charge in [-0.25, -0.2) is 8.42 Å². The van der Waals surface area contributed by atoms with E-state index in [9.17, 15) is 13.2 Å². The molecule has 0 aromatic heterocycles. The molecular formula is C23H24N2O4S. The summed E-state index contributed by atoms with van der Waals surface area (Å²) in [6.07, 6.45) is 0. The second kappa shape index (κ2) is 9.45. The van der Waals surface area contributed by atoms with Crippen molar-refractivity contribution in [2.75, 3.05) is 17.9 Å². The Kier molecular flexibility index (Phi) is 6.74. The summed E-state index contributed by atoms with van der Waals surface area (Å²) in [5.74, 6) is 0.445. The van der Waals surface area contributed by atoms with Crippen molar-refractivity contribution in [2.45, 2.75) is 18.7 Å². The molecule has 6 nitrogen and oxygen atoms in total. The number of rotatable bonds is 8. The first-order valence-electron chi connectivity index (χ1n) is 9.51. The van der Waals surface area contributed by atoms with Gasteiger partial charge in [-0.05, 0) is 61.4 Å². The van der Waals surface area contributed by atoms with Crippen molar-refractivity contribution >= 4 is 21.6 Å². The Hall–Kier alpha value is -3.32. The van der Waals surface area contributed by atoms with Gasteiger partial charge < -0.3 is 10.1 Å². The Labute approximate surface area is 177 Å². The molecule has 3 aromatic carbocycles. The molecule has 0 aliphatic rings. The average Bonchev–Trinajstić information content (AvgIpc) is 2.73. The number of anilines is 1. The van der Waals surface area contributed by atoms with Crippen LogP contribution in [-0.4, -0.2) is 27.5 Å². The van der Waals surface area contributed by atoms with Gasteiger partial charge in [0.15, 0.2) is 0 Å². The highest BCUT2D eigenvalue weighted by Gasteiger charge is 2.16. The van der Waals surface area contributed by atoms with Crippen LogP contribution in [0.3, 0.4) is 0 Å². The predicted molar refractivity (Wildman–Crippen MR) is 117 cm³/mol. The predicted octanol–water partition coefficient (Wildman–Crippen LogP) is 3.91. The molecule has 3 aromatic rings. The van der Waals surface area contributed by atoms with E-state index in [1.807, 2.05) is 31.2 Å². The molecule has 0 radical (unpaired) electrons. The van der Waals surface area contributed by atoms with Crippen molar-refractivity contribution in [3.8, 4) is 5.75 Å². The van der Waals surface area contributed by atoms with Gasteiger partial charge in [-0.1, -0.05) is 36.4 Å². The van der Waals surface area contributed by atoms with Crippen LogP contribution in [0.2, 0.25) is 0 Å². The van der Waals surface area contributed by atoms with Crippen molar-refractivity contribution in [1.29, 1.82) is 0 Å². The quantitative estimate of drug-likeness (QED) is 0.537. The molecule has 1 amide bonds. The Morgan fingerprint density at radius 3 is 2.43 bits per heavy atom. The van der Waals surface area contributed by atoms with Crippen LogP contribution >= 0.6 is 0 Å². The summed E-state index contributed by atoms with van der Waals surface area (Å²) in [4.78, 5) is 12.6. The first-order chi connectivity index (χ1) is 14.3. The number of hydrogen-bond acceptors (Lipinski definition) is 4. The standard InChI is InChI=1S/C23H24N2O4S/c1-17-7-6-8-20(15-17)29-14-13-24-23(26)19-12-11-18(2)22(16-19)25-30(27,28)21-9-4-3-5-10-21/h3-12,15-16,25H,13-14H2,1-2H3,(H,24,26). The number of aryl methyl sites for hydroxylation is 2. The van der Waals surface area contributed by atoms with Gasteiger partial charge in [0, 0.05) is 5.56 Å². The van der Waals surface area contributed by atoms with Crippen LogP contribution in [0.25, 0.3) is 0 Å². The van der Waals surface area contributed by atoms with Gasteiger partial charge in [0.05, 0.1) is 17.1 Å². The Morgan fingerprint density at radius 2 is 1.70 bits per heavy atom. The first-order valence-corrected chi connectivity index (χ1v) is 11.0. The molecular weight excluding hydrogens is 400 g/mol. The van der Waals surface area contributed by atoms with E-state index in [1.54, 1.807) is 37.3 Å². The van der Waals surface area contributed by atoms with Crippen LogP contribution in [0.15, 0.2) is 77.7 Å². The Balaban J connectivity index is 1.62. The van der Waals surface area contributed by atoms with Gasteiger partial charge in [-0.2, -0.15) is 0 Å². The maximum absolute atomic E-state index is 12.6. The zero-order chi connectivity index (χ0) is 21.6. The van der Waals surface area contributed by atoms with Crippen LogP contribution in [0.4, 0.5) is 5.69 Å². The monoisotopic (exact) mass is 424 g/mol. The molecule has 0 bridgehead atoms. The third-order valence-corrected chi connectivity index (χ3v) is 5.82. The Morgan fingerprint density at radius 1 is 0.933 bits per heavy atom. The molecule has 0 fully saturated rings. The van der Waals surface area contributed by atoms with Crippen LogP contribution < -0.4 is 14.8 Å². The molecule has 0 saturated carbocycles. The molecule has 30 heavy (non-hydrogen) atoms. The molecule has 2 N–H and O–H groups in total. The van der Waals surface area contributed by atoms with E-state index in [1.165, 1.54) is 18.2 Å². The number of carbonyl (C=O) groups excluding carboxylic acids is 1. The van der Waals surface area contributed by atoms with Crippen molar-refractivity contribution in [3.05, 3.63) is 89.5 Å². The highest BCUT2D eigenvalue weighted by molar-refractivity contribution is 7.92. The number of amides is 1. The van der Waals surface area contributed by atoms with Gasteiger partial charge in [0.1, 0.15) is 12.4 Å². The fourth-order valence-electron chi connectivity index (χ4n) is 2.82. The summed E-state index contributed by atoms with van der Waals surface area (Å²) in [5, 5.41) is 2.78. The van der Waals surface area contributed by atoms with Gasteiger partial charge in [0.2, 0.25) is 0 Å². The molecule has 0 aliphatic heterocycles. The normalized spacial score (nSPS) is 11.0. The minimum Gasteiger partial charge on any atom is -0.492 e. The summed E-state index contributed by atoms with van der Waals surface area (Å²) in [5.41, 5.74) is 2.54. The molecule has 0 heterocycles. The molecule has 0 saturated heterocycles. The van der Waals surface area contributed by atoms with Gasteiger partial charge in [0.25, 0.3) is 15.9 Å². The van der Waals surface area contributed by atoms with Gasteiger partial charge in [-0.3, -0.25) is 9.52 Å². The SMILES string of the molecule is Cc1cccc(OCCNC(=O)c2ccc(C)c(NS(=O)(=O)c3ccccc3)c2)c1. The van der Waals surface area contributed by atoms with E-state index in [0.717, 1.165) is 11.3 Å². The van der Waals surface area contributed by atoms with Gasteiger partial charge >= 0.3 is 0 Å². The summed E-state index contributed by atoms with van der Waals surface area (Å²) >= 11 is 0. The van der Waals surface area contributed by atoms with E-state index in [2.05, 4.69) is 10.0 Å². The number of sulfonamides is 1. The molecule has 7 heteroatoms. The number of nitrogens with one attached hydrogen (secondary N) is 2. The molecule has 0 aliphatic carbocycles. The largest absolute Gasteiger partial charge is 0.492 e. The van der Waals surface area contributed by atoms with Crippen molar-refractivity contribution in [3.63, 3.8) is 0 Å². The van der Waals surface area contributed by atoms with Crippen LogP contribution in [-0.2, 0) is 10.0 Å². The third kappa shape index (κ3) is 5.61. The molecule has 3 rings (SSSR count). The van der Waals surface area contributed by atoms with E-state index in [4.69, 9.17) is 4.74 Å². The number of hydrogen-bond donors (Lipinski definition) is 2. The number of carbonyl (C=O) groups is 1. The highest BCUT2D eigenvalue weighted by Crippen LogP contribution is 2.21. The molecule has 0 unspecified atom stereocenters. The van der Waals surface area contributed by atoms with E-state index < -0.39 is 10.0 Å². The smallest absolute Gasteiger partial charge is 0.261 e. The average molecular weight is 425 g/mol. The minimum absolute atomic E-state index is 0.160. The van der Waals surface area contributed by atoms with E-state index >= 15 is 0 Å². The second-order valence-corrected chi connectivity index (χ2v) is 8.55. The third-order valence-electron chi connectivity index (χ3n) is 4.44. The zero-order valence-electron chi connectivity index (χ0n) is 16.9. The first kappa shape index (κ1) is 21.4. The lowest BCUT2D eigenvalue weighted by atomic mass is 10.1. The summed E-state index contributed by atoms with van der Waals surface area (Å²) < 4.78 is 33.3. The van der Waals surface area contributed by atoms with Crippen molar-refractivity contribution < 1.29 is 17.9 Å². The zero-order valence-corrected chi connectivity index (χ0v) is 17.7. The topological polar surface area (TPSA) is 84.5 Å².